The van der Waals surface area contributed by atoms with Gasteiger partial charge in [-0.25, -0.2) is 4.98 Å². The molecule has 0 aliphatic heterocycles. The molecule has 0 amide bonds. The van der Waals surface area contributed by atoms with E-state index < -0.39 is 0 Å². The van der Waals surface area contributed by atoms with Crippen LogP contribution in [0.2, 0.25) is 0 Å². The first-order chi connectivity index (χ1) is 10.1. The van der Waals surface area contributed by atoms with Crippen molar-refractivity contribution in [3.63, 3.8) is 0 Å². The Labute approximate surface area is 131 Å². The first-order valence-electron chi connectivity index (χ1n) is 6.70. The number of aryl methyl sites for hydroxylation is 1. The summed E-state index contributed by atoms with van der Waals surface area (Å²) >= 11 is 3.45. The highest BCUT2D eigenvalue weighted by molar-refractivity contribution is 9.10. The number of halogens is 1. The molecular formula is C16H16BrN3O. The van der Waals surface area contributed by atoms with Gasteiger partial charge in [0, 0.05) is 11.5 Å². The Hall–Kier alpha value is -2.01. The summed E-state index contributed by atoms with van der Waals surface area (Å²) in [6, 6.07) is 12.1. The van der Waals surface area contributed by atoms with Crippen LogP contribution in [0.25, 0.3) is 11.3 Å². The van der Waals surface area contributed by atoms with Crippen LogP contribution in [0.3, 0.4) is 0 Å². The Kier molecular flexibility index (Phi) is 3.84. The largest absolute Gasteiger partial charge is 0.465 e. The Bertz CT molecular complexity index is 743. The lowest BCUT2D eigenvalue weighted by atomic mass is 10.2. The second-order valence-electron chi connectivity index (χ2n) is 4.90. The molecule has 3 rings (SSSR count). The Balaban J connectivity index is 1.77. The lowest BCUT2D eigenvalue weighted by Crippen LogP contribution is -2.05. The van der Waals surface area contributed by atoms with Gasteiger partial charge in [-0.2, -0.15) is 0 Å². The van der Waals surface area contributed by atoms with E-state index in [0.717, 1.165) is 33.2 Å². The van der Waals surface area contributed by atoms with E-state index in [2.05, 4.69) is 38.4 Å². The van der Waals surface area contributed by atoms with Crippen LogP contribution in [-0.4, -0.2) is 9.55 Å². The van der Waals surface area contributed by atoms with Crippen LogP contribution in [0.4, 0.5) is 5.95 Å². The van der Waals surface area contributed by atoms with E-state index in [1.54, 1.807) is 0 Å². The second kappa shape index (κ2) is 5.77. The van der Waals surface area contributed by atoms with Gasteiger partial charge >= 0.3 is 0 Å². The van der Waals surface area contributed by atoms with Crippen molar-refractivity contribution in [3.05, 3.63) is 58.6 Å². The Morgan fingerprint density at radius 3 is 2.62 bits per heavy atom. The molecule has 4 nitrogen and oxygen atoms in total. The van der Waals surface area contributed by atoms with E-state index in [4.69, 9.17) is 4.42 Å². The van der Waals surface area contributed by atoms with Crippen molar-refractivity contribution in [2.24, 2.45) is 7.05 Å². The zero-order valence-corrected chi connectivity index (χ0v) is 13.5. The van der Waals surface area contributed by atoms with E-state index in [1.807, 2.05) is 49.0 Å². The van der Waals surface area contributed by atoms with Crippen LogP contribution in [0.5, 0.6) is 0 Å². The molecule has 5 heteroatoms. The molecule has 0 spiro atoms. The van der Waals surface area contributed by atoms with Crippen LogP contribution in [0.1, 0.15) is 11.5 Å². The average Bonchev–Trinajstić information content (AvgIpc) is 3.04. The number of nitrogens with zero attached hydrogens (tertiary/aromatic N) is 2. The normalized spacial score (nSPS) is 10.8. The molecule has 0 saturated carbocycles. The predicted octanol–water partition coefficient (Wildman–Crippen LogP) is 4.36. The lowest BCUT2D eigenvalue weighted by Gasteiger charge is -2.07. The van der Waals surface area contributed by atoms with Gasteiger partial charge in [0.25, 0.3) is 0 Å². The van der Waals surface area contributed by atoms with Gasteiger partial charge < -0.3 is 14.3 Å². The second-order valence-corrected chi connectivity index (χ2v) is 5.81. The standard InChI is InChI=1S/C16H16BrN3O/c1-11-3-8-14(21-11)9-18-16-19-10-15(20(16)2)12-4-6-13(17)7-5-12/h3-8,10H,9H2,1-2H3,(H,18,19). The SMILES string of the molecule is Cc1ccc(CNc2ncc(-c3ccc(Br)cc3)n2C)o1. The third kappa shape index (κ3) is 3.03. The minimum Gasteiger partial charge on any atom is -0.465 e. The molecular weight excluding hydrogens is 330 g/mol. The topological polar surface area (TPSA) is 43.0 Å². The van der Waals surface area contributed by atoms with E-state index in [0.29, 0.717) is 6.54 Å². The van der Waals surface area contributed by atoms with Gasteiger partial charge in [-0.05, 0) is 36.8 Å². The maximum Gasteiger partial charge on any atom is 0.203 e. The molecule has 0 atom stereocenters. The van der Waals surface area contributed by atoms with Crippen LogP contribution < -0.4 is 5.32 Å². The van der Waals surface area contributed by atoms with Gasteiger partial charge in [-0.3, -0.25) is 0 Å². The molecule has 0 aliphatic carbocycles. The minimum atomic E-state index is 0.623. The Morgan fingerprint density at radius 1 is 1.19 bits per heavy atom. The van der Waals surface area contributed by atoms with Gasteiger partial charge in [0.1, 0.15) is 11.5 Å². The van der Waals surface area contributed by atoms with Gasteiger partial charge in [-0.1, -0.05) is 28.1 Å². The number of hydrogen-bond acceptors (Lipinski definition) is 3. The van der Waals surface area contributed by atoms with E-state index in [-0.39, 0.29) is 0 Å². The third-order valence-electron chi connectivity index (χ3n) is 3.34. The van der Waals surface area contributed by atoms with Crippen molar-refractivity contribution in [2.45, 2.75) is 13.5 Å². The number of benzene rings is 1. The summed E-state index contributed by atoms with van der Waals surface area (Å²) in [7, 11) is 2.00. The number of imidazole rings is 1. The summed E-state index contributed by atoms with van der Waals surface area (Å²) in [5.41, 5.74) is 2.20. The zero-order valence-electron chi connectivity index (χ0n) is 11.9. The van der Waals surface area contributed by atoms with Crippen LogP contribution in [0, 0.1) is 6.92 Å². The van der Waals surface area contributed by atoms with Crippen molar-refractivity contribution in [1.82, 2.24) is 9.55 Å². The van der Waals surface area contributed by atoms with E-state index >= 15 is 0 Å². The number of furan rings is 1. The summed E-state index contributed by atoms with van der Waals surface area (Å²) in [6.07, 6.45) is 1.87. The first-order valence-corrected chi connectivity index (χ1v) is 7.49. The van der Waals surface area contributed by atoms with Crippen molar-refractivity contribution in [2.75, 3.05) is 5.32 Å². The smallest absolute Gasteiger partial charge is 0.203 e. The molecule has 1 aromatic carbocycles. The van der Waals surface area contributed by atoms with E-state index in [9.17, 15) is 0 Å². The Morgan fingerprint density at radius 2 is 1.95 bits per heavy atom. The van der Waals surface area contributed by atoms with Crippen molar-refractivity contribution >= 4 is 21.9 Å². The molecule has 0 radical (unpaired) electrons. The molecule has 0 aliphatic rings. The number of rotatable bonds is 4. The molecule has 108 valence electrons. The van der Waals surface area contributed by atoms with Crippen LogP contribution in [-0.2, 0) is 13.6 Å². The highest BCUT2D eigenvalue weighted by Crippen LogP contribution is 2.24. The summed E-state index contributed by atoms with van der Waals surface area (Å²) in [5.74, 6) is 2.64. The third-order valence-corrected chi connectivity index (χ3v) is 3.87. The van der Waals surface area contributed by atoms with Gasteiger partial charge in [0.05, 0.1) is 18.4 Å². The monoisotopic (exact) mass is 345 g/mol. The quantitative estimate of drug-likeness (QED) is 0.763. The zero-order chi connectivity index (χ0) is 14.8. The predicted molar refractivity (Wildman–Crippen MR) is 87.1 cm³/mol. The van der Waals surface area contributed by atoms with Crippen molar-refractivity contribution in [1.29, 1.82) is 0 Å². The maximum absolute atomic E-state index is 5.54. The van der Waals surface area contributed by atoms with Crippen LogP contribution >= 0.6 is 15.9 Å². The molecule has 2 aromatic heterocycles. The summed E-state index contributed by atoms with van der Waals surface area (Å²) < 4.78 is 8.66. The summed E-state index contributed by atoms with van der Waals surface area (Å²) in [5, 5.41) is 3.29. The number of anilines is 1. The molecule has 21 heavy (non-hydrogen) atoms. The molecule has 0 saturated heterocycles. The fourth-order valence-corrected chi connectivity index (χ4v) is 2.47. The molecule has 3 aromatic rings. The molecule has 2 heterocycles. The highest BCUT2D eigenvalue weighted by Gasteiger charge is 2.09. The first kappa shape index (κ1) is 13.9. The van der Waals surface area contributed by atoms with Crippen molar-refractivity contribution in [3.8, 4) is 11.3 Å². The highest BCUT2D eigenvalue weighted by atomic mass is 79.9. The number of nitrogens with one attached hydrogen (secondary N) is 1. The van der Waals surface area contributed by atoms with E-state index in [1.165, 1.54) is 0 Å². The fraction of sp³-hybridized carbons (Fsp3) is 0.188. The number of hydrogen-bond donors (Lipinski definition) is 1. The average molecular weight is 346 g/mol. The molecule has 0 unspecified atom stereocenters. The summed E-state index contributed by atoms with van der Waals surface area (Å²) in [6.45, 7) is 2.56. The van der Waals surface area contributed by atoms with Crippen LogP contribution in [0.15, 0.2) is 51.5 Å². The van der Waals surface area contributed by atoms with Gasteiger partial charge in [-0.15, -0.1) is 0 Å². The molecule has 0 fully saturated rings. The molecule has 0 bridgehead atoms. The maximum atomic E-state index is 5.54. The fourth-order valence-electron chi connectivity index (χ4n) is 2.21. The summed E-state index contributed by atoms with van der Waals surface area (Å²) in [4.78, 5) is 4.43. The van der Waals surface area contributed by atoms with Crippen molar-refractivity contribution < 1.29 is 4.42 Å². The van der Waals surface area contributed by atoms with Gasteiger partial charge in [0.2, 0.25) is 5.95 Å². The molecule has 1 N–H and O–H groups in total. The lowest BCUT2D eigenvalue weighted by molar-refractivity contribution is 0.490. The van der Waals surface area contributed by atoms with Gasteiger partial charge in [0.15, 0.2) is 0 Å². The number of aromatic nitrogens is 2. The minimum absolute atomic E-state index is 0.623.